The summed E-state index contributed by atoms with van der Waals surface area (Å²) in [7, 11) is 1.62. The number of benzene rings is 2. The van der Waals surface area contributed by atoms with E-state index < -0.39 is 0 Å². The topological polar surface area (TPSA) is 60.0 Å². The maximum atomic E-state index is 5.82. The standard InChI is InChI=1S/C18H19N3OS/c1-22-17-12-6-5-11-16(17)14-20-21-18(19)23-13-7-10-15-8-3-2-4-9-15/h2-12,14H,13H2,1H3,(H2,19,21)/b10-7+,20-14+. The maximum Gasteiger partial charge on any atom is 0.180 e. The number of hydrogen-bond acceptors (Lipinski definition) is 4. The van der Waals surface area contributed by atoms with Gasteiger partial charge in [-0.15, -0.1) is 5.10 Å². The van der Waals surface area contributed by atoms with Crippen LogP contribution in [-0.4, -0.2) is 24.2 Å². The Balaban J connectivity index is 1.83. The first-order chi connectivity index (χ1) is 11.3. The third kappa shape index (κ3) is 6.00. The Morgan fingerprint density at radius 1 is 1.13 bits per heavy atom. The second-order valence-electron chi connectivity index (χ2n) is 4.55. The third-order valence-electron chi connectivity index (χ3n) is 2.93. The van der Waals surface area contributed by atoms with Crippen molar-refractivity contribution in [2.75, 3.05) is 12.9 Å². The first-order valence-electron chi connectivity index (χ1n) is 7.13. The molecule has 0 saturated heterocycles. The molecule has 4 nitrogen and oxygen atoms in total. The Morgan fingerprint density at radius 3 is 2.65 bits per heavy atom. The van der Waals surface area contributed by atoms with Gasteiger partial charge in [0, 0.05) is 11.3 Å². The molecule has 0 saturated carbocycles. The summed E-state index contributed by atoms with van der Waals surface area (Å²) >= 11 is 1.44. The first kappa shape index (κ1) is 16.8. The van der Waals surface area contributed by atoms with Crippen molar-refractivity contribution in [2.45, 2.75) is 0 Å². The van der Waals surface area contributed by atoms with Crippen molar-refractivity contribution in [1.82, 2.24) is 0 Å². The van der Waals surface area contributed by atoms with Gasteiger partial charge in [0.25, 0.3) is 0 Å². The van der Waals surface area contributed by atoms with E-state index in [-0.39, 0.29) is 0 Å². The molecule has 2 aromatic rings. The van der Waals surface area contributed by atoms with Gasteiger partial charge in [-0.1, -0.05) is 66.4 Å². The highest BCUT2D eigenvalue weighted by Gasteiger charge is 1.97. The van der Waals surface area contributed by atoms with E-state index in [0.29, 0.717) is 5.17 Å². The van der Waals surface area contributed by atoms with Crippen LogP contribution in [0, 0.1) is 0 Å². The molecule has 0 spiro atoms. The number of thioether (sulfide) groups is 1. The minimum atomic E-state index is 0.425. The Morgan fingerprint density at radius 2 is 1.87 bits per heavy atom. The predicted octanol–water partition coefficient (Wildman–Crippen LogP) is 3.79. The number of hydrogen-bond donors (Lipinski definition) is 1. The molecule has 0 unspecified atom stereocenters. The van der Waals surface area contributed by atoms with Crippen LogP contribution in [0.4, 0.5) is 0 Å². The number of para-hydroxylation sites is 1. The van der Waals surface area contributed by atoms with E-state index in [1.807, 2.05) is 48.5 Å². The van der Waals surface area contributed by atoms with Gasteiger partial charge in [-0.2, -0.15) is 5.10 Å². The molecule has 0 aliphatic rings. The molecule has 2 aromatic carbocycles. The minimum Gasteiger partial charge on any atom is -0.496 e. The van der Waals surface area contributed by atoms with Gasteiger partial charge < -0.3 is 10.5 Å². The summed E-state index contributed by atoms with van der Waals surface area (Å²) < 4.78 is 5.24. The normalized spacial score (nSPS) is 12.1. The molecule has 2 rings (SSSR count). The number of methoxy groups -OCH3 is 1. The van der Waals surface area contributed by atoms with Crippen molar-refractivity contribution in [3.63, 3.8) is 0 Å². The van der Waals surface area contributed by atoms with Crippen molar-refractivity contribution in [2.24, 2.45) is 15.9 Å². The Kier molecular flexibility index (Phi) is 6.94. The second kappa shape index (κ2) is 9.48. The minimum absolute atomic E-state index is 0.425. The molecule has 0 aromatic heterocycles. The molecule has 0 aliphatic heterocycles. The lowest BCUT2D eigenvalue weighted by atomic mass is 10.2. The van der Waals surface area contributed by atoms with Crippen molar-refractivity contribution in [3.05, 3.63) is 71.8 Å². The van der Waals surface area contributed by atoms with Crippen LogP contribution in [0.5, 0.6) is 5.75 Å². The number of nitrogens with two attached hydrogens (primary N) is 1. The van der Waals surface area contributed by atoms with Gasteiger partial charge in [-0.25, -0.2) is 0 Å². The van der Waals surface area contributed by atoms with Crippen molar-refractivity contribution in [1.29, 1.82) is 0 Å². The summed E-state index contributed by atoms with van der Waals surface area (Å²) in [6, 6.07) is 17.7. The molecular weight excluding hydrogens is 306 g/mol. The van der Waals surface area contributed by atoms with Gasteiger partial charge in [-0.3, -0.25) is 0 Å². The third-order valence-corrected chi connectivity index (χ3v) is 3.67. The van der Waals surface area contributed by atoms with E-state index in [1.165, 1.54) is 11.8 Å². The summed E-state index contributed by atoms with van der Waals surface area (Å²) in [6.07, 6.45) is 5.73. The highest BCUT2D eigenvalue weighted by atomic mass is 32.2. The van der Waals surface area contributed by atoms with Crippen LogP contribution in [-0.2, 0) is 0 Å². The van der Waals surface area contributed by atoms with Gasteiger partial charge >= 0.3 is 0 Å². The fourth-order valence-electron chi connectivity index (χ4n) is 1.83. The van der Waals surface area contributed by atoms with Gasteiger partial charge in [0.05, 0.1) is 13.3 Å². The van der Waals surface area contributed by atoms with Crippen LogP contribution in [0.3, 0.4) is 0 Å². The van der Waals surface area contributed by atoms with E-state index in [1.54, 1.807) is 13.3 Å². The van der Waals surface area contributed by atoms with Crippen LogP contribution < -0.4 is 10.5 Å². The zero-order valence-corrected chi connectivity index (χ0v) is 13.7. The van der Waals surface area contributed by atoms with E-state index in [0.717, 1.165) is 22.6 Å². The molecule has 0 amide bonds. The van der Waals surface area contributed by atoms with E-state index >= 15 is 0 Å². The molecule has 0 aliphatic carbocycles. The zero-order valence-electron chi connectivity index (χ0n) is 12.9. The smallest absolute Gasteiger partial charge is 0.180 e. The summed E-state index contributed by atoms with van der Waals surface area (Å²) in [5, 5.41) is 8.40. The molecule has 118 valence electrons. The summed E-state index contributed by atoms with van der Waals surface area (Å²) in [5.74, 6) is 1.50. The lowest BCUT2D eigenvalue weighted by Crippen LogP contribution is -2.05. The molecule has 0 atom stereocenters. The molecule has 0 bridgehead atoms. The van der Waals surface area contributed by atoms with Gasteiger partial charge in [-0.05, 0) is 17.7 Å². The summed E-state index contributed by atoms with van der Waals surface area (Å²) in [4.78, 5) is 0. The van der Waals surface area contributed by atoms with Gasteiger partial charge in [0.1, 0.15) is 5.75 Å². The SMILES string of the molecule is COc1ccccc1/C=N/N=C(\N)SC/C=C/c1ccccc1. The lowest BCUT2D eigenvalue weighted by Gasteiger charge is -2.01. The fourth-order valence-corrected chi connectivity index (χ4v) is 2.30. The summed E-state index contributed by atoms with van der Waals surface area (Å²) in [6.45, 7) is 0. The van der Waals surface area contributed by atoms with E-state index in [9.17, 15) is 0 Å². The zero-order chi connectivity index (χ0) is 16.3. The molecule has 2 N–H and O–H groups in total. The highest BCUT2D eigenvalue weighted by molar-refractivity contribution is 8.13. The van der Waals surface area contributed by atoms with Crippen LogP contribution in [0.1, 0.15) is 11.1 Å². The van der Waals surface area contributed by atoms with Gasteiger partial charge in [0.15, 0.2) is 5.17 Å². The average molecular weight is 325 g/mol. The average Bonchev–Trinajstić information content (AvgIpc) is 2.60. The monoisotopic (exact) mass is 325 g/mol. The number of nitrogens with zero attached hydrogens (tertiary/aromatic N) is 2. The van der Waals surface area contributed by atoms with Crippen molar-refractivity contribution in [3.8, 4) is 5.75 Å². The largest absolute Gasteiger partial charge is 0.496 e. The van der Waals surface area contributed by atoms with Crippen LogP contribution in [0.2, 0.25) is 0 Å². The van der Waals surface area contributed by atoms with Crippen LogP contribution in [0.15, 0.2) is 70.9 Å². The van der Waals surface area contributed by atoms with E-state index in [4.69, 9.17) is 10.5 Å². The molecule has 0 heterocycles. The molecule has 0 fully saturated rings. The fraction of sp³-hybridized carbons (Fsp3) is 0.111. The number of ether oxygens (including phenoxy) is 1. The quantitative estimate of drug-likeness (QED) is 0.499. The summed E-state index contributed by atoms with van der Waals surface area (Å²) in [5.41, 5.74) is 7.85. The van der Waals surface area contributed by atoms with Gasteiger partial charge in [0.2, 0.25) is 0 Å². The van der Waals surface area contributed by atoms with E-state index in [2.05, 4.69) is 28.4 Å². The second-order valence-corrected chi connectivity index (χ2v) is 5.59. The molecule has 23 heavy (non-hydrogen) atoms. The van der Waals surface area contributed by atoms with Crippen LogP contribution >= 0.6 is 11.8 Å². The predicted molar refractivity (Wildman–Crippen MR) is 100 cm³/mol. The number of amidine groups is 1. The Labute approximate surface area is 140 Å². The maximum absolute atomic E-state index is 5.82. The highest BCUT2D eigenvalue weighted by Crippen LogP contribution is 2.14. The Hall–Kier alpha value is -2.53. The number of rotatable bonds is 6. The molecule has 5 heteroatoms. The molecular formula is C18H19N3OS. The van der Waals surface area contributed by atoms with Crippen molar-refractivity contribution < 1.29 is 4.74 Å². The first-order valence-corrected chi connectivity index (χ1v) is 8.12. The lowest BCUT2D eigenvalue weighted by molar-refractivity contribution is 0.414. The van der Waals surface area contributed by atoms with Crippen molar-refractivity contribution >= 4 is 29.2 Å². The Bertz CT molecular complexity index is 696. The van der Waals surface area contributed by atoms with Crippen LogP contribution in [0.25, 0.3) is 6.08 Å². The molecule has 0 radical (unpaired) electrons.